The monoisotopic (exact) mass is 316 g/mol. The van der Waals surface area contributed by atoms with Gasteiger partial charge in [-0.1, -0.05) is 0 Å². The van der Waals surface area contributed by atoms with E-state index in [0.29, 0.717) is 22.7 Å². The SMILES string of the molecule is COc1ccc(NC(=N)CC(=O)c2ccc(F)cc2)cc1OC. The van der Waals surface area contributed by atoms with Gasteiger partial charge in [-0.3, -0.25) is 10.2 Å². The predicted octanol–water partition coefficient (Wildman–Crippen LogP) is 3.51. The molecule has 2 N–H and O–H groups in total. The van der Waals surface area contributed by atoms with E-state index in [2.05, 4.69) is 5.32 Å². The van der Waals surface area contributed by atoms with Crippen molar-refractivity contribution in [1.29, 1.82) is 5.41 Å². The quantitative estimate of drug-likeness (QED) is 0.486. The number of benzene rings is 2. The zero-order valence-electron chi connectivity index (χ0n) is 12.9. The van der Waals surface area contributed by atoms with E-state index in [0.717, 1.165) is 0 Å². The highest BCUT2D eigenvalue weighted by molar-refractivity contribution is 6.12. The molecule has 6 heteroatoms. The Bertz CT molecular complexity index is 714. The molecule has 0 aliphatic rings. The first kappa shape index (κ1) is 16.5. The highest BCUT2D eigenvalue weighted by atomic mass is 19.1. The van der Waals surface area contributed by atoms with Crippen LogP contribution < -0.4 is 14.8 Å². The smallest absolute Gasteiger partial charge is 0.170 e. The molecule has 0 atom stereocenters. The lowest BCUT2D eigenvalue weighted by atomic mass is 10.1. The molecule has 0 fully saturated rings. The number of halogens is 1. The molecular formula is C17H17FN2O3. The fourth-order valence-electron chi connectivity index (χ4n) is 2.03. The summed E-state index contributed by atoms with van der Waals surface area (Å²) in [6.45, 7) is 0. The van der Waals surface area contributed by atoms with E-state index in [4.69, 9.17) is 14.9 Å². The second-order valence-electron chi connectivity index (χ2n) is 4.78. The minimum atomic E-state index is -0.403. The minimum absolute atomic E-state index is 0.0338. The Morgan fingerprint density at radius 3 is 2.35 bits per heavy atom. The molecule has 0 saturated carbocycles. The van der Waals surface area contributed by atoms with Crippen LogP contribution in [0, 0.1) is 11.2 Å². The zero-order valence-corrected chi connectivity index (χ0v) is 12.9. The number of rotatable bonds is 6. The van der Waals surface area contributed by atoms with Crippen LogP contribution in [0.5, 0.6) is 11.5 Å². The van der Waals surface area contributed by atoms with Crippen molar-refractivity contribution in [3.05, 3.63) is 53.8 Å². The van der Waals surface area contributed by atoms with Gasteiger partial charge >= 0.3 is 0 Å². The van der Waals surface area contributed by atoms with Crippen LogP contribution >= 0.6 is 0 Å². The molecule has 0 saturated heterocycles. The van der Waals surface area contributed by atoms with E-state index in [-0.39, 0.29) is 18.0 Å². The first-order valence-corrected chi connectivity index (χ1v) is 6.88. The number of ether oxygens (including phenoxy) is 2. The van der Waals surface area contributed by atoms with Crippen LogP contribution in [0.4, 0.5) is 10.1 Å². The van der Waals surface area contributed by atoms with E-state index in [1.54, 1.807) is 18.2 Å². The largest absolute Gasteiger partial charge is 0.493 e. The molecule has 0 heterocycles. The summed E-state index contributed by atoms with van der Waals surface area (Å²) in [6.07, 6.45) is -0.111. The third-order valence-electron chi connectivity index (χ3n) is 3.18. The summed E-state index contributed by atoms with van der Waals surface area (Å²) in [5.74, 6) is 0.469. The van der Waals surface area contributed by atoms with Gasteiger partial charge in [0.1, 0.15) is 11.7 Å². The Morgan fingerprint density at radius 2 is 1.74 bits per heavy atom. The van der Waals surface area contributed by atoms with Gasteiger partial charge in [-0.05, 0) is 36.4 Å². The summed E-state index contributed by atoms with van der Waals surface area (Å²) in [4.78, 5) is 12.0. The van der Waals surface area contributed by atoms with Crippen LogP contribution in [0.1, 0.15) is 16.8 Å². The normalized spacial score (nSPS) is 10.0. The number of hydrogen-bond acceptors (Lipinski definition) is 4. The summed E-state index contributed by atoms with van der Waals surface area (Å²) in [5, 5.41) is 10.7. The molecule has 0 amide bonds. The van der Waals surface area contributed by atoms with Gasteiger partial charge in [0.2, 0.25) is 0 Å². The Kier molecular flexibility index (Phi) is 5.30. The average Bonchev–Trinajstić information content (AvgIpc) is 2.55. The summed E-state index contributed by atoms with van der Waals surface area (Å²) >= 11 is 0. The third-order valence-corrected chi connectivity index (χ3v) is 3.18. The molecule has 120 valence electrons. The summed E-state index contributed by atoms with van der Waals surface area (Å²) in [5.41, 5.74) is 0.977. The molecule has 2 rings (SSSR count). The molecule has 23 heavy (non-hydrogen) atoms. The lowest BCUT2D eigenvalue weighted by Gasteiger charge is -2.11. The van der Waals surface area contributed by atoms with Crippen molar-refractivity contribution in [2.24, 2.45) is 0 Å². The van der Waals surface area contributed by atoms with Crippen molar-refractivity contribution in [3.63, 3.8) is 0 Å². The second kappa shape index (κ2) is 7.40. The van der Waals surface area contributed by atoms with Crippen molar-refractivity contribution in [2.75, 3.05) is 19.5 Å². The van der Waals surface area contributed by atoms with Crippen molar-refractivity contribution >= 4 is 17.3 Å². The topological polar surface area (TPSA) is 71.4 Å². The minimum Gasteiger partial charge on any atom is -0.493 e. The lowest BCUT2D eigenvalue weighted by molar-refractivity contribution is 0.100. The maximum Gasteiger partial charge on any atom is 0.170 e. The number of methoxy groups -OCH3 is 2. The molecule has 0 aliphatic heterocycles. The third kappa shape index (κ3) is 4.29. The van der Waals surface area contributed by atoms with Gasteiger partial charge in [0.25, 0.3) is 0 Å². The summed E-state index contributed by atoms with van der Waals surface area (Å²) in [6, 6.07) is 10.4. The Hall–Kier alpha value is -2.89. The van der Waals surface area contributed by atoms with Gasteiger partial charge in [-0.2, -0.15) is 0 Å². The molecular weight excluding hydrogens is 299 g/mol. The Balaban J connectivity index is 2.02. The van der Waals surface area contributed by atoms with E-state index in [1.807, 2.05) is 0 Å². The maximum atomic E-state index is 12.8. The van der Waals surface area contributed by atoms with Crippen molar-refractivity contribution < 1.29 is 18.7 Å². The van der Waals surface area contributed by atoms with Gasteiger partial charge < -0.3 is 14.8 Å². The maximum absolute atomic E-state index is 12.8. The van der Waals surface area contributed by atoms with Crippen LogP contribution in [0.15, 0.2) is 42.5 Å². The van der Waals surface area contributed by atoms with Crippen molar-refractivity contribution in [2.45, 2.75) is 6.42 Å². The van der Waals surface area contributed by atoms with Crippen LogP contribution in [-0.4, -0.2) is 25.8 Å². The predicted molar refractivity (Wildman–Crippen MR) is 86.2 cm³/mol. The van der Waals surface area contributed by atoms with Gasteiger partial charge in [-0.25, -0.2) is 4.39 Å². The van der Waals surface area contributed by atoms with E-state index < -0.39 is 5.82 Å². The van der Waals surface area contributed by atoms with Gasteiger partial charge in [-0.15, -0.1) is 0 Å². The van der Waals surface area contributed by atoms with Gasteiger partial charge in [0.05, 0.1) is 20.6 Å². The van der Waals surface area contributed by atoms with Crippen molar-refractivity contribution in [1.82, 2.24) is 0 Å². The lowest BCUT2D eigenvalue weighted by Crippen LogP contribution is -2.16. The van der Waals surface area contributed by atoms with E-state index >= 15 is 0 Å². The number of carbonyl (C=O) groups excluding carboxylic acids is 1. The zero-order chi connectivity index (χ0) is 16.8. The van der Waals surface area contributed by atoms with Crippen LogP contribution in [0.2, 0.25) is 0 Å². The number of ketones is 1. The number of nitrogens with one attached hydrogen (secondary N) is 2. The summed E-state index contributed by atoms with van der Waals surface area (Å²) in [7, 11) is 3.05. The fraction of sp³-hybridized carbons (Fsp3) is 0.176. The molecule has 0 radical (unpaired) electrons. The number of Topliss-reactive ketones (excluding diaryl/α,β-unsaturated/α-hetero) is 1. The Labute approximate surface area is 133 Å². The molecule has 2 aromatic carbocycles. The second-order valence-corrected chi connectivity index (χ2v) is 4.78. The van der Waals surface area contributed by atoms with E-state index in [1.165, 1.54) is 38.5 Å². The first-order chi connectivity index (χ1) is 11.0. The molecule has 0 aliphatic carbocycles. The van der Waals surface area contributed by atoms with Crippen LogP contribution in [-0.2, 0) is 0 Å². The van der Waals surface area contributed by atoms with Gasteiger partial charge in [0.15, 0.2) is 17.3 Å². The molecule has 5 nitrogen and oxygen atoms in total. The number of anilines is 1. The summed E-state index contributed by atoms with van der Waals surface area (Å²) < 4.78 is 23.2. The van der Waals surface area contributed by atoms with Crippen LogP contribution in [0.3, 0.4) is 0 Å². The standard InChI is InChI=1S/C17H17FN2O3/c1-22-15-8-7-13(9-16(15)23-2)20-17(19)10-14(21)11-3-5-12(18)6-4-11/h3-9H,10H2,1-2H3,(H2,19,20). The van der Waals surface area contributed by atoms with Gasteiger partial charge in [0, 0.05) is 17.3 Å². The van der Waals surface area contributed by atoms with Crippen molar-refractivity contribution in [3.8, 4) is 11.5 Å². The fourth-order valence-corrected chi connectivity index (χ4v) is 2.03. The molecule has 0 aromatic heterocycles. The molecule has 0 spiro atoms. The number of amidine groups is 1. The molecule has 0 bridgehead atoms. The van der Waals surface area contributed by atoms with Crippen LogP contribution in [0.25, 0.3) is 0 Å². The number of carbonyl (C=O) groups is 1. The first-order valence-electron chi connectivity index (χ1n) is 6.88. The Morgan fingerprint density at radius 1 is 1.09 bits per heavy atom. The highest BCUT2D eigenvalue weighted by Crippen LogP contribution is 2.29. The average molecular weight is 316 g/mol. The van der Waals surface area contributed by atoms with E-state index in [9.17, 15) is 9.18 Å². The number of hydrogen-bond donors (Lipinski definition) is 2. The molecule has 2 aromatic rings. The molecule has 0 unspecified atom stereocenters. The highest BCUT2D eigenvalue weighted by Gasteiger charge is 2.11.